The van der Waals surface area contributed by atoms with E-state index in [9.17, 15) is 14.3 Å². The summed E-state index contributed by atoms with van der Waals surface area (Å²) in [4.78, 5) is 23.0. The number of carbonyl (C=O) groups excluding carboxylic acids is 1. The number of rotatable bonds is 45. The minimum absolute atomic E-state index is 0.0679. The van der Waals surface area contributed by atoms with Gasteiger partial charge in [0, 0.05) is 13.0 Å². The first kappa shape index (κ1) is 61.9. The van der Waals surface area contributed by atoms with Crippen LogP contribution in [0.2, 0.25) is 0 Å². The number of unbranched alkanes of at least 4 members (excludes halogenated alkanes) is 11. The monoisotopic (exact) mass is 925 g/mol. The molecule has 0 aromatic carbocycles. The Labute approximate surface area is 399 Å². The Hall–Kier alpha value is -3.10. The summed E-state index contributed by atoms with van der Waals surface area (Å²) in [5, 5.41) is 0. The Bertz CT molecular complexity index is 1450. The topological polar surface area (TPSA) is 91.3 Å². The van der Waals surface area contributed by atoms with Gasteiger partial charge < -0.3 is 18.9 Å². The minimum atomic E-state index is -4.31. The van der Waals surface area contributed by atoms with E-state index in [-0.39, 0.29) is 32.2 Å². The third-order valence-electron chi connectivity index (χ3n) is 10.0. The molecule has 0 saturated heterocycles. The minimum Gasteiger partial charge on any atom is -0.457 e. The van der Waals surface area contributed by atoms with E-state index in [1.165, 1.54) is 51.4 Å². The summed E-state index contributed by atoms with van der Waals surface area (Å²) in [6.07, 6.45) is 68.2. The maximum Gasteiger partial charge on any atom is 0.472 e. The second-order valence-electron chi connectivity index (χ2n) is 17.5. The van der Waals surface area contributed by atoms with Gasteiger partial charge in [0.2, 0.25) is 0 Å². The second kappa shape index (κ2) is 47.4. The van der Waals surface area contributed by atoms with Crippen molar-refractivity contribution in [2.45, 2.75) is 174 Å². The normalized spacial score (nSPS) is 14.6. The van der Waals surface area contributed by atoms with Gasteiger partial charge in [-0.05, 0) is 103 Å². The lowest BCUT2D eigenvalue weighted by Crippen LogP contribution is -2.37. The zero-order valence-electron chi connectivity index (χ0n) is 41.9. The second-order valence-corrected chi connectivity index (χ2v) is 18.9. The molecular formula is C56H95NO7P+. The van der Waals surface area contributed by atoms with Crippen molar-refractivity contribution in [2.75, 3.05) is 54.1 Å². The molecular weight excluding hydrogens is 830 g/mol. The van der Waals surface area contributed by atoms with E-state index in [0.29, 0.717) is 24.1 Å². The molecule has 0 aliphatic carbocycles. The fourth-order valence-electron chi connectivity index (χ4n) is 6.14. The molecule has 0 spiro atoms. The van der Waals surface area contributed by atoms with E-state index >= 15 is 0 Å². The lowest BCUT2D eigenvalue weighted by Gasteiger charge is -2.24. The standard InChI is InChI=1S/C56H94NO7P/c1-6-8-10-12-14-16-18-20-22-24-26-28-29-30-31-33-35-37-39-41-43-45-47-49-56(58)64-55(54-63-65(59,60)62-52-50-57(3,4)5)53-61-51-48-46-44-42-40-38-36-34-32-27-25-23-21-19-17-15-13-11-9-7-2/h8,10,14-17,20-23,26-28,30-32,35,37,41,43,55H,6-7,9,11-13,18-19,24-25,29,33-34,36,38-40,42,44-54H2,1-5H3/p+1/b10-8-,16-14-,17-15-,22-20-,23-21-,28-26-,31-30-,32-27-,37-35-,43-41-. The van der Waals surface area contributed by atoms with Crippen molar-refractivity contribution in [1.29, 1.82) is 0 Å². The lowest BCUT2D eigenvalue weighted by atomic mass is 10.1. The summed E-state index contributed by atoms with van der Waals surface area (Å²) in [5.74, 6) is -0.380. The molecule has 8 nitrogen and oxygen atoms in total. The summed E-state index contributed by atoms with van der Waals surface area (Å²) >= 11 is 0. The highest BCUT2D eigenvalue weighted by Gasteiger charge is 2.26. The third-order valence-corrected chi connectivity index (χ3v) is 11.0. The summed E-state index contributed by atoms with van der Waals surface area (Å²) in [6, 6.07) is 0. The summed E-state index contributed by atoms with van der Waals surface area (Å²) in [7, 11) is 1.60. The quantitative estimate of drug-likeness (QED) is 0.0214. The molecule has 9 heteroatoms. The van der Waals surface area contributed by atoms with Gasteiger partial charge in [0.25, 0.3) is 0 Å². The van der Waals surface area contributed by atoms with E-state index < -0.39 is 13.9 Å². The molecule has 0 heterocycles. The average molecular weight is 925 g/mol. The number of esters is 1. The lowest BCUT2D eigenvalue weighted by molar-refractivity contribution is -0.870. The number of ether oxygens (including phenoxy) is 2. The molecule has 0 rings (SSSR count). The molecule has 65 heavy (non-hydrogen) atoms. The maximum atomic E-state index is 12.7. The molecule has 370 valence electrons. The number of likely N-dealkylation sites (N-methyl/N-ethyl adjacent to an activating group) is 1. The van der Waals surface area contributed by atoms with Gasteiger partial charge in [0.1, 0.15) is 19.3 Å². The largest absolute Gasteiger partial charge is 0.472 e. The predicted octanol–water partition coefficient (Wildman–Crippen LogP) is 15.7. The van der Waals surface area contributed by atoms with Gasteiger partial charge in [-0.25, -0.2) is 4.57 Å². The number of hydrogen-bond donors (Lipinski definition) is 1. The van der Waals surface area contributed by atoms with Crippen molar-refractivity contribution < 1.29 is 37.3 Å². The number of nitrogens with zero attached hydrogens (tertiary/aromatic N) is 1. The van der Waals surface area contributed by atoms with Gasteiger partial charge in [-0.15, -0.1) is 0 Å². The van der Waals surface area contributed by atoms with Crippen LogP contribution in [0.5, 0.6) is 0 Å². The first-order valence-electron chi connectivity index (χ1n) is 25.3. The Balaban J connectivity index is 4.34. The number of phosphoric acid groups is 1. The molecule has 0 aromatic rings. The highest BCUT2D eigenvalue weighted by Crippen LogP contribution is 2.43. The van der Waals surface area contributed by atoms with Crippen LogP contribution in [0.3, 0.4) is 0 Å². The molecule has 1 N–H and O–H groups in total. The first-order valence-corrected chi connectivity index (χ1v) is 26.8. The van der Waals surface area contributed by atoms with E-state index in [0.717, 1.165) is 89.9 Å². The fraction of sp³-hybridized carbons (Fsp3) is 0.625. The SMILES string of the molecule is CC/C=C\C/C=C\C/C=C\C/C=C\C/C=C\C/C=C\C/C=C\CCCC(=O)OC(COCCCCCCCCC/C=C\C/C=C\C/C=C\CCCCC)COP(=O)(O)OCC[N+](C)(C)C. The fourth-order valence-corrected chi connectivity index (χ4v) is 6.88. The molecule has 0 amide bonds. The first-order chi connectivity index (χ1) is 31.6. The Kier molecular flexibility index (Phi) is 45.1. The van der Waals surface area contributed by atoms with Gasteiger partial charge in [0.05, 0.1) is 34.4 Å². The van der Waals surface area contributed by atoms with E-state index in [1.54, 1.807) is 0 Å². The Morgan fingerprint density at radius 2 is 0.892 bits per heavy atom. The van der Waals surface area contributed by atoms with Crippen molar-refractivity contribution >= 4 is 13.8 Å². The number of allylic oxidation sites excluding steroid dienone is 20. The summed E-state index contributed by atoms with van der Waals surface area (Å²) < 4.78 is 35.0. The van der Waals surface area contributed by atoms with Gasteiger partial charge in [-0.3, -0.25) is 13.8 Å². The molecule has 0 aliphatic rings. The van der Waals surface area contributed by atoms with Crippen LogP contribution in [0.1, 0.15) is 168 Å². The van der Waals surface area contributed by atoms with Crippen LogP contribution in [0.15, 0.2) is 122 Å². The maximum absolute atomic E-state index is 12.7. The smallest absolute Gasteiger partial charge is 0.457 e. The summed E-state index contributed by atoms with van der Waals surface area (Å²) in [6.45, 7) is 5.35. The van der Waals surface area contributed by atoms with E-state index in [1.807, 2.05) is 21.1 Å². The van der Waals surface area contributed by atoms with Crippen LogP contribution < -0.4 is 0 Å². The van der Waals surface area contributed by atoms with Gasteiger partial charge >= 0.3 is 13.8 Å². The van der Waals surface area contributed by atoms with Crippen LogP contribution in [0.4, 0.5) is 0 Å². The van der Waals surface area contributed by atoms with Crippen molar-refractivity contribution in [1.82, 2.24) is 0 Å². The van der Waals surface area contributed by atoms with Crippen molar-refractivity contribution in [3.8, 4) is 0 Å². The zero-order chi connectivity index (χ0) is 47.6. The Morgan fingerprint density at radius 3 is 1.34 bits per heavy atom. The highest BCUT2D eigenvalue weighted by atomic mass is 31.2. The molecule has 0 saturated carbocycles. The van der Waals surface area contributed by atoms with E-state index in [4.69, 9.17) is 18.5 Å². The molecule has 2 unspecified atom stereocenters. The van der Waals surface area contributed by atoms with Crippen LogP contribution >= 0.6 is 7.82 Å². The van der Waals surface area contributed by atoms with Crippen molar-refractivity contribution in [3.05, 3.63) is 122 Å². The molecule has 0 aliphatic heterocycles. The van der Waals surface area contributed by atoms with Gasteiger partial charge in [0.15, 0.2) is 0 Å². The molecule has 0 bridgehead atoms. The zero-order valence-corrected chi connectivity index (χ0v) is 42.8. The molecule has 0 aromatic heterocycles. The highest BCUT2D eigenvalue weighted by molar-refractivity contribution is 7.47. The van der Waals surface area contributed by atoms with Gasteiger partial charge in [-0.1, -0.05) is 180 Å². The average Bonchev–Trinajstić information content (AvgIpc) is 3.27. The number of carbonyl (C=O) groups is 1. The Morgan fingerprint density at radius 1 is 0.492 bits per heavy atom. The van der Waals surface area contributed by atoms with Crippen LogP contribution in [-0.2, 0) is 27.9 Å². The van der Waals surface area contributed by atoms with E-state index in [2.05, 4.69) is 135 Å². The van der Waals surface area contributed by atoms with Crippen molar-refractivity contribution in [2.24, 2.45) is 0 Å². The summed E-state index contributed by atoms with van der Waals surface area (Å²) in [5.41, 5.74) is 0. The number of phosphoric ester groups is 1. The van der Waals surface area contributed by atoms with Crippen LogP contribution in [0.25, 0.3) is 0 Å². The number of quaternary nitrogens is 1. The van der Waals surface area contributed by atoms with Gasteiger partial charge in [-0.2, -0.15) is 0 Å². The predicted molar refractivity (Wildman–Crippen MR) is 279 cm³/mol. The molecule has 0 fully saturated rings. The van der Waals surface area contributed by atoms with Crippen LogP contribution in [0, 0.1) is 0 Å². The van der Waals surface area contributed by atoms with Crippen LogP contribution in [-0.4, -0.2) is 75.6 Å². The molecule has 0 radical (unpaired) electrons. The molecule has 2 atom stereocenters. The van der Waals surface area contributed by atoms with Crippen molar-refractivity contribution in [3.63, 3.8) is 0 Å². The number of hydrogen-bond acceptors (Lipinski definition) is 6. The third kappa shape index (κ3) is 51.7.